The van der Waals surface area contributed by atoms with Crippen molar-refractivity contribution < 1.29 is 33.3 Å². The van der Waals surface area contributed by atoms with E-state index in [1.54, 1.807) is 28.4 Å². The van der Waals surface area contributed by atoms with E-state index in [4.69, 9.17) is 28.7 Å². The number of ether oxygens (including phenoxy) is 5. The average Bonchev–Trinajstić information content (AvgIpc) is 2.99. The molecule has 218 valence electrons. The predicted octanol–water partition coefficient (Wildman–Crippen LogP) is 3.67. The summed E-state index contributed by atoms with van der Waals surface area (Å²) in [5.74, 6) is 0.0197. The minimum atomic E-state index is -0.567. The molecule has 2 aliphatic carbocycles. The summed E-state index contributed by atoms with van der Waals surface area (Å²) in [4.78, 5) is 34.3. The molecular formula is C30H41N3O7. The molecule has 3 heterocycles. The zero-order chi connectivity index (χ0) is 28.5. The molecule has 0 radical (unpaired) electrons. The monoisotopic (exact) mass is 555 g/mol. The molecule has 2 aromatic rings. The molecule has 1 fully saturated rings. The number of methoxy groups -OCH3 is 4. The quantitative estimate of drug-likeness (QED) is 0.338. The number of rotatable bonds is 9. The van der Waals surface area contributed by atoms with E-state index in [0.717, 1.165) is 61.0 Å². The molecule has 0 spiro atoms. The van der Waals surface area contributed by atoms with Crippen LogP contribution in [0.25, 0.3) is 0 Å². The van der Waals surface area contributed by atoms with Crippen LogP contribution in [0.3, 0.4) is 0 Å². The highest BCUT2D eigenvalue weighted by atomic mass is 16.7. The number of aldehydes is 1. The van der Waals surface area contributed by atoms with Crippen molar-refractivity contribution in [1.82, 2.24) is 14.9 Å². The van der Waals surface area contributed by atoms with Gasteiger partial charge in [-0.15, -0.1) is 0 Å². The van der Waals surface area contributed by atoms with E-state index in [-0.39, 0.29) is 12.5 Å². The molecule has 0 N–H and O–H groups in total. The first kappa shape index (κ1) is 30.2. The number of morpholine rings is 1. The number of aromatic nitrogens is 2. The number of fused-ring (bicyclic) bond motifs is 2. The molecule has 0 atom stereocenters. The Labute approximate surface area is 236 Å². The molecule has 2 aromatic heterocycles. The minimum Gasteiger partial charge on any atom is -0.370 e. The van der Waals surface area contributed by atoms with Crippen molar-refractivity contribution >= 4 is 12.2 Å². The molecule has 0 aromatic carbocycles. The van der Waals surface area contributed by atoms with Crippen molar-refractivity contribution in [2.24, 2.45) is 0 Å². The summed E-state index contributed by atoms with van der Waals surface area (Å²) >= 11 is 0. The van der Waals surface area contributed by atoms with Crippen LogP contribution in [0, 0.1) is 0 Å². The highest BCUT2D eigenvalue weighted by Crippen LogP contribution is 2.29. The van der Waals surface area contributed by atoms with Crippen molar-refractivity contribution in [3.8, 4) is 0 Å². The lowest BCUT2D eigenvalue weighted by Crippen LogP contribution is -2.41. The molecule has 1 saturated heterocycles. The smallest absolute Gasteiger partial charge is 0.248 e. The summed E-state index contributed by atoms with van der Waals surface area (Å²) < 4.78 is 26.4. The standard InChI is InChI=1S/C17H24N2O4.C13H17NO3/c1-21-17(22-2)16-13(10-19-7-8-23-11-15(19)20)9-12-5-3-4-6-14(12)18-16;1-16-13(17-2)12-10(8-15)7-9-5-3-4-6-11(9)14-12/h9,17H,3-8,10-11H2,1-2H3;7-8,13H,3-6H2,1-2H3. The van der Waals surface area contributed by atoms with Gasteiger partial charge in [-0.2, -0.15) is 0 Å². The van der Waals surface area contributed by atoms with Gasteiger partial charge in [0.1, 0.15) is 18.0 Å². The molecule has 0 unspecified atom stereocenters. The first-order valence-electron chi connectivity index (χ1n) is 14.0. The van der Waals surface area contributed by atoms with Crippen molar-refractivity contribution in [2.45, 2.75) is 70.5 Å². The summed E-state index contributed by atoms with van der Waals surface area (Å²) in [5.41, 5.74) is 7.66. The van der Waals surface area contributed by atoms with E-state index in [2.05, 4.69) is 11.1 Å². The Kier molecular flexibility index (Phi) is 11.1. The lowest BCUT2D eigenvalue weighted by atomic mass is 9.93. The summed E-state index contributed by atoms with van der Waals surface area (Å²) in [6, 6.07) is 4.11. The van der Waals surface area contributed by atoms with Crippen LogP contribution in [0.5, 0.6) is 0 Å². The van der Waals surface area contributed by atoms with Crippen molar-refractivity contribution in [3.63, 3.8) is 0 Å². The maximum atomic E-state index is 12.0. The third kappa shape index (κ3) is 7.11. The molecule has 0 bridgehead atoms. The fraction of sp³-hybridized carbons (Fsp3) is 0.600. The molecule has 5 rings (SSSR count). The largest absolute Gasteiger partial charge is 0.370 e. The first-order valence-corrected chi connectivity index (χ1v) is 14.0. The number of nitrogens with zero attached hydrogens (tertiary/aromatic N) is 3. The van der Waals surface area contributed by atoms with Crippen LogP contribution in [-0.4, -0.2) is 75.3 Å². The SMILES string of the molecule is COC(OC)c1nc2c(cc1C=O)CCCC2.COC(OC)c1nc2c(cc1CN1CCOCC1=O)CCCC2. The number of hydrogen-bond acceptors (Lipinski definition) is 9. The third-order valence-electron chi connectivity index (χ3n) is 7.65. The van der Waals surface area contributed by atoms with Gasteiger partial charge in [0.15, 0.2) is 6.29 Å². The van der Waals surface area contributed by atoms with E-state index in [1.807, 2.05) is 11.0 Å². The Morgan fingerprint density at radius 2 is 1.40 bits per heavy atom. The van der Waals surface area contributed by atoms with Gasteiger partial charge in [0.2, 0.25) is 18.5 Å². The predicted molar refractivity (Wildman–Crippen MR) is 147 cm³/mol. The lowest BCUT2D eigenvalue weighted by molar-refractivity contribution is -0.143. The lowest BCUT2D eigenvalue weighted by Gasteiger charge is -2.29. The topological polar surface area (TPSA) is 109 Å². The highest BCUT2D eigenvalue weighted by molar-refractivity contribution is 5.78. The molecule has 40 heavy (non-hydrogen) atoms. The van der Waals surface area contributed by atoms with Crippen LogP contribution in [-0.2, 0) is 60.7 Å². The molecule has 1 aliphatic heterocycles. The van der Waals surface area contributed by atoms with E-state index in [1.165, 1.54) is 30.4 Å². The van der Waals surface area contributed by atoms with Gasteiger partial charge in [0, 0.05) is 58.5 Å². The van der Waals surface area contributed by atoms with Crippen LogP contribution >= 0.6 is 0 Å². The Bertz CT molecular complexity index is 1160. The fourth-order valence-corrected chi connectivity index (χ4v) is 5.54. The molecule has 0 saturated carbocycles. The normalized spacial score (nSPS) is 16.9. The Balaban J connectivity index is 0.000000194. The summed E-state index contributed by atoms with van der Waals surface area (Å²) in [6.45, 7) is 1.88. The molecular weight excluding hydrogens is 514 g/mol. The van der Waals surface area contributed by atoms with Crippen LogP contribution in [0.1, 0.15) is 88.1 Å². The van der Waals surface area contributed by atoms with Crippen LogP contribution in [0.2, 0.25) is 0 Å². The number of carbonyl (C=O) groups is 2. The van der Waals surface area contributed by atoms with E-state index in [9.17, 15) is 9.59 Å². The summed E-state index contributed by atoms with van der Waals surface area (Å²) in [5, 5.41) is 0. The second-order valence-electron chi connectivity index (χ2n) is 10.2. The molecule has 3 aliphatic rings. The first-order chi connectivity index (χ1) is 19.5. The van der Waals surface area contributed by atoms with Crippen LogP contribution < -0.4 is 0 Å². The number of aryl methyl sites for hydroxylation is 4. The van der Waals surface area contributed by atoms with E-state index in [0.29, 0.717) is 31.0 Å². The highest BCUT2D eigenvalue weighted by Gasteiger charge is 2.25. The Morgan fingerprint density at radius 3 is 1.98 bits per heavy atom. The zero-order valence-corrected chi connectivity index (χ0v) is 24.1. The molecule has 1 amide bonds. The van der Waals surface area contributed by atoms with Gasteiger partial charge in [0.05, 0.1) is 6.61 Å². The second kappa shape index (κ2) is 14.7. The Hall–Kier alpha value is -2.76. The van der Waals surface area contributed by atoms with Crippen molar-refractivity contribution in [1.29, 1.82) is 0 Å². The van der Waals surface area contributed by atoms with Crippen molar-refractivity contribution in [3.05, 3.63) is 57.2 Å². The number of hydrogen-bond donors (Lipinski definition) is 0. The number of pyridine rings is 2. The Morgan fingerprint density at radius 1 is 0.850 bits per heavy atom. The van der Waals surface area contributed by atoms with Gasteiger partial charge < -0.3 is 28.6 Å². The van der Waals surface area contributed by atoms with Gasteiger partial charge in [-0.3, -0.25) is 19.6 Å². The van der Waals surface area contributed by atoms with Gasteiger partial charge in [-0.05, 0) is 74.1 Å². The minimum absolute atomic E-state index is 0.0197. The van der Waals surface area contributed by atoms with Gasteiger partial charge in [-0.1, -0.05) is 6.07 Å². The number of amides is 1. The van der Waals surface area contributed by atoms with Gasteiger partial charge >= 0.3 is 0 Å². The maximum absolute atomic E-state index is 12.0. The van der Waals surface area contributed by atoms with Crippen LogP contribution in [0.15, 0.2) is 12.1 Å². The second-order valence-corrected chi connectivity index (χ2v) is 10.2. The van der Waals surface area contributed by atoms with Crippen molar-refractivity contribution in [2.75, 3.05) is 48.2 Å². The van der Waals surface area contributed by atoms with E-state index >= 15 is 0 Å². The third-order valence-corrected chi connectivity index (χ3v) is 7.65. The fourth-order valence-electron chi connectivity index (χ4n) is 5.54. The van der Waals surface area contributed by atoms with Gasteiger partial charge in [-0.25, -0.2) is 0 Å². The van der Waals surface area contributed by atoms with Crippen LogP contribution in [0.4, 0.5) is 0 Å². The summed E-state index contributed by atoms with van der Waals surface area (Å²) in [6.07, 6.45) is 8.48. The average molecular weight is 556 g/mol. The molecule has 10 nitrogen and oxygen atoms in total. The number of carbonyl (C=O) groups excluding carboxylic acids is 2. The summed E-state index contributed by atoms with van der Waals surface area (Å²) in [7, 11) is 6.31. The maximum Gasteiger partial charge on any atom is 0.248 e. The molecule has 10 heteroatoms. The van der Waals surface area contributed by atoms with E-state index < -0.39 is 12.6 Å². The zero-order valence-electron chi connectivity index (χ0n) is 24.1. The van der Waals surface area contributed by atoms with Gasteiger partial charge in [0.25, 0.3) is 0 Å².